The van der Waals surface area contributed by atoms with Crippen LogP contribution in [0.5, 0.6) is 0 Å². The predicted molar refractivity (Wildman–Crippen MR) is 62.1 cm³/mol. The van der Waals surface area contributed by atoms with Gasteiger partial charge in [0.15, 0.2) is 0 Å². The molecule has 1 unspecified atom stereocenters. The molecule has 0 aromatic heterocycles. The number of aliphatic hydroxyl groups excluding tert-OH is 1. The Morgan fingerprint density at radius 1 is 1.43 bits per heavy atom. The van der Waals surface area contributed by atoms with E-state index in [4.69, 9.17) is 10.8 Å². The van der Waals surface area contributed by atoms with Crippen molar-refractivity contribution in [2.24, 2.45) is 11.1 Å². The topological polar surface area (TPSA) is 46.2 Å². The Labute approximate surface area is 87.5 Å². The van der Waals surface area contributed by atoms with Crippen LogP contribution in [0, 0.1) is 5.41 Å². The summed E-state index contributed by atoms with van der Waals surface area (Å²) in [4.78, 5) is 0. The predicted octanol–water partition coefficient (Wildman–Crippen LogP) is 2.25. The van der Waals surface area contributed by atoms with Crippen LogP contribution in [0.3, 0.4) is 0 Å². The van der Waals surface area contributed by atoms with Crippen molar-refractivity contribution in [3.63, 3.8) is 0 Å². The zero-order chi connectivity index (χ0) is 10.9. The molecule has 0 saturated heterocycles. The van der Waals surface area contributed by atoms with Gasteiger partial charge in [-0.2, -0.15) is 0 Å². The molecule has 0 amide bonds. The number of nitrogens with two attached hydrogens (primary N) is 1. The normalized spacial score (nSPS) is 24.3. The molecule has 0 spiro atoms. The van der Waals surface area contributed by atoms with Gasteiger partial charge in [0.2, 0.25) is 0 Å². The summed E-state index contributed by atoms with van der Waals surface area (Å²) in [5.74, 6) is 0. The zero-order valence-electron chi connectivity index (χ0n) is 9.37. The molecule has 0 saturated carbocycles. The molecule has 0 heterocycles. The number of allylic oxidation sites excluding steroid dienone is 3. The van der Waals surface area contributed by atoms with Crippen LogP contribution in [-0.4, -0.2) is 18.3 Å². The van der Waals surface area contributed by atoms with Crippen LogP contribution < -0.4 is 5.73 Å². The lowest BCUT2D eigenvalue weighted by Gasteiger charge is -2.23. The second-order valence-corrected chi connectivity index (χ2v) is 3.93. The Bertz CT molecular complexity index is 185. The number of unbranched alkanes of at least 4 members (excludes halogenated alkanes) is 1. The molecule has 2 nitrogen and oxygen atoms in total. The minimum Gasteiger partial charge on any atom is -0.396 e. The summed E-state index contributed by atoms with van der Waals surface area (Å²) in [6.45, 7) is 5.31. The molecule has 1 rings (SSSR count). The van der Waals surface area contributed by atoms with Gasteiger partial charge in [-0.3, -0.25) is 0 Å². The van der Waals surface area contributed by atoms with Gasteiger partial charge in [-0.25, -0.2) is 0 Å². The van der Waals surface area contributed by atoms with Crippen LogP contribution in [0.15, 0.2) is 24.3 Å². The van der Waals surface area contributed by atoms with Gasteiger partial charge in [0.1, 0.15) is 0 Å². The van der Waals surface area contributed by atoms with Crippen molar-refractivity contribution in [3.05, 3.63) is 24.3 Å². The highest BCUT2D eigenvalue weighted by Crippen LogP contribution is 2.24. The first-order chi connectivity index (χ1) is 6.68. The molecule has 0 aromatic carbocycles. The Kier molecular flexibility index (Phi) is 7.44. The first kappa shape index (κ1) is 13.4. The molecule has 1 aliphatic rings. The first-order valence-corrected chi connectivity index (χ1v) is 5.34. The number of aliphatic hydroxyl groups is 1. The average Bonchev–Trinajstić information content (AvgIpc) is 2.21. The Morgan fingerprint density at radius 3 is 2.36 bits per heavy atom. The summed E-state index contributed by atoms with van der Waals surface area (Å²) in [5, 5.41) is 8.07. The molecule has 0 radical (unpaired) electrons. The average molecular weight is 197 g/mol. The summed E-state index contributed by atoms with van der Waals surface area (Å²) < 4.78 is 0. The van der Waals surface area contributed by atoms with E-state index >= 15 is 0 Å². The molecule has 2 heteroatoms. The van der Waals surface area contributed by atoms with Gasteiger partial charge in [-0.15, -0.1) is 0 Å². The van der Waals surface area contributed by atoms with Crippen molar-refractivity contribution >= 4 is 0 Å². The van der Waals surface area contributed by atoms with E-state index in [2.05, 4.69) is 38.2 Å². The number of hydrogen-bond acceptors (Lipinski definition) is 2. The second-order valence-electron chi connectivity index (χ2n) is 3.93. The number of hydrogen-bond donors (Lipinski definition) is 2. The van der Waals surface area contributed by atoms with Crippen molar-refractivity contribution in [1.82, 2.24) is 0 Å². The highest BCUT2D eigenvalue weighted by Gasteiger charge is 2.17. The summed E-state index contributed by atoms with van der Waals surface area (Å²) in [7, 11) is 0. The minimum atomic E-state index is 0.231. The van der Waals surface area contributed by atoms with Crippen molar-refractivity contribution in [2.45, 2.75) is 33.1 Å². The summed E-state index contributed by atoms with van der Waals surface area (Å²) in [6, 6.07) is 0. The van der Waals surface area contributed by atoms with Crippen molar-refractivity contribution < 1.29 is 5.11 Å². The highest BCUT2D eigenvalue weighted by molar-refractivity contribution is 5.15. The van der Waals surface area contributed by atoms with Crippen LogP contribution in [0.1, 0.15) is 33.1 Å². The summed E-state index contributed by atoms with van der Waals surface area (Å²) >= 11 is 0. The quantitative estimate of drug-likeness (QED) is 0.729. The van der Waals surface area contributed by atoms with E-state index in [9.17, 15) is 0 Å². The van der Waals surface area contributed by atoms with Crippen molar-refractivity contribution in [3.8, 4) is 0 Å². The molecule has 1 atom stereocenters. The smallest absolute Gasteiger partial charge is 0.0430 e. The van der Waals surface area contributed by atoms with Crippen LogP contribution in [0.2, 0.25) is 0 Å². The molecule has 1 aliphatic carbocycles. The van der Waals surface area contributed by atoms with E-state index in [-0.39, 0.29) is 5.41 Å². The first-order valence-electron chi connectivity index (χ1n) is 5.34. The monoisotopic (exact) mass is 197 g/mol. The van der Waals surface area contributed by atoms with E-state index in [0.717, 1.165) is 25.8 Å². The van der Waals surface area contributed by atoms with Crippen LogP contribution in [0.4, 0.5) is 0 Å². The van der Waals surface area contributed by atoms with Gasteiger partial charge in [0, 0.05) is 18.6 Å². The Morgan fingerprint density at radius 2 is 2.14 bits per heavy atom. The molecular weight excluding hydrogens is 174 g/mol. The molecule has 82 valence electrons. The van der Waals surface area contributed by atoms with Crippen molar-refractivity contribution in [2.75, 3.05) is 13.2 Å². The number of rotatable bonds is 3. The maximum absolute atomic E-state index is 8.07. The van der Waals surface area contributed by atoms with E-state index < -0.39 is 0 Å². The largest absolute Gasteiger partial charge is 0.396 e. The van der Waals surface area contributed by atoms with Gasteiger partial charge in [0.05, 0.1) is 0 Å². The summed E-state index contributed by atoms with van der Waals surface area (Å²) in [6.07, 6.45) is 11.6. The lowest BCUT2D eigenvalue weighted by atomic mass is 9.84. The standard InChI is InChI=1S/C8H13N.C4H10O/c1-8(7-9)5-3-2-4-6-8;1-2-3-4-5/h2-5H,6-7,9H2,1H3;5H,2-4H2,1H3. The molecular formula is C12H23NO. The Hall–Kier alpha value is -0.600. The fourth-order valence-corrected chi connectivity index (χ4v) is 1.08. The SMILES string of the molecule is CC1(CN)C=CC=CC1.CCCCO. The third-order valence-electron chi connectivity index (χ3n) is 2.31. The Balaban J connectivity index is 0.000000292. The van der Waals surface area contributed by atoms with Gasteiger partial charge in [0.25, 0.3) is 0 Å². The summed E-state index contributed by atoms with van der Waals surface area (Å²) in [5.41, 5.74) is 5.78. The molecule has 0 bridgehead atoms. The van der Waals surface area contributed by atoms with E-state index in [0.29, 0.717) is 6.61 Å². The molecule has 14 heavy (non-hydrogen) atoms. The van der Waals surface area contributed by atoms with Crippen LogP contribution in [-0.2, 0) is 0 Å². The fraction of sp³-hybridized carbons (Fsp3) is 0.667. The van der Waals surface area contributed by atoms with E-state index in [1.54, 1.807) is 0 Å². The lowest BCUT2D eigenvalue weighted by Crippen LogP contribution is -2.24. The van der Waals surface area contributed by atoms with Gasteiger partial charge >= 0.3 is 0 Å². The second kappa shape index (κ2) is 7.77. The lowest BCUT2D eigenvalue weighted by molar-refractivity contribution is 0.287. The molecule has 0 fully saturated rings. The van der Waals surface area contributed by atoms with Crippen LogP contribution >= 0.6 is 0 Å². The molecule has 0 aromatic rings. The van der Waals surface area contributed by atoms with E-state index in [1.807, 2.05) is 0 Å². The van der Waals surface area contributed by atoms with Gasteiger partial charge in [-0.05, 0) is 12.8 Å². The van der Waals surface area contributed by atoms with Crippen LogP contribution in [0.25, 0.3) is 0 Å². The highest BCUT2D eigenvalue weighted by atomic mass is 16.2. The third kappa shape index (κ3) is 5.95. The maximum Gasteiger partial charge on any atom is 0.0430 e. The van der Waals surface area contributed by atoms with Gasteiger partial charge < -0.3 is 10.8 Å². The van der Waals surface area contributed by atoms with Crippen molar-refractivity contribution in [1.29, 1.82) is 0 Å². The van der Waals surface area contributed by atoms with E-state index in [1.165, 1.54) is 0 Å². The maximum atomic E-state index is 8.07. The fourth-order valence-electron chi connectivity index (χ4n) is 1.08. The minimum absolute atomic E-state index is 0.231. The third-order valence-corrected chi connectivity index (χ3v) is 2.31. The van der Waals surface area contributed by atoms with Gasteiger partial charge in [-0.1, -0.05) is 44.6 Å². The molecule has 3 N–H and O–H groups in total. The zero-order valence-corrected chi connectivity index (χ0v) is 9.37. The molecule has 0 aliphatic heterocycles.